The van der Waals surface area contributed by atoms with Crippen molar-refractivity contribution < 1.29 is 18.3 Å². The third kappa shape index (κ3) is 5.16. The Labute approximate surface area is 145 Å². The number of hydrogen-bond acceptors (Lipinski definition) is 4. The number of alkyl halides is 3. The van der Waals surface area contributed by atoms with E-state index in [1.165, 1.54) is 11.8 Å². The molecule has 5 nitrogen and oxygen atoms in total. The second-order valence-corrected chi connectivity index (χ2v) is 7.54. The third-order valence-electron chi connectivity index (χ3n) is 4.58. The van der Waals surface area contributed by atoms with Crippen LogP contribution in [0.25, 0.3) is 0 Å². The van der Waals surface area contributed by atoms with E-state index in [1.54, 1.807) is 11.8 Å². The number of hydrogen-bond donors (Lipinski definition) is 2. The fourth-order valence-electron chi connectivity index (χ4n) is 2.90. The highest BCUT2D eigenvalue weighted by atomic mass is 32.2. The van der Waals surface area contributed by atoms with Crippen molar-refractivity contribution in [1.29, 1.82) is 0 Å². The zero-order valence-electron chi connectivity index (χ0n) is 14.3. The Morgan fingerprint density at radius 2 is 2.00 bits per heavy atom. The molecule has 0 aliphatic carbocycles. The van der Waals surface area contributed by atoms with Crippen molar-refractivity contribution in [2.45, 2.75) is 38.1 Å². The molecule has 2 atom stereocenters. The molecule has 0 bridgehead atoms. The van der Waals surface area contributed by atoms with E-state index in [9.17, 15) is 18.3 Å². The maximum Gasteiger partial charge on any atom is 0.403 e. The van der Waals surface area contributed by atoms with Gasteiger partial charge in [-0.05, 0) is 26.0 Å². The second-order valence-electron chi connectivity index (χ2n) is 6.44. The SMILES string of the molecule is CCNC(=NCC1(O)CCSC1)N1CCN(C(C)C(F)(F)F)CC1. The van der Waals surface area contributed by atoms with E-state index >= 15 is 0 Å². The molecule has 2 aliphatic heterocycles. The first kappa shape index (κ1) is 19.7. The minimum absolute atomic E-state index is 0.335. The zero-order valence-corrected chi connectivity index (χ0v) is 15.1. The standard InChI is InChI=1S/C15H27F3N4OS/c1-3-19-13(20-10-14(23)4-9-24-11-14)22-7-5-21(6-8-22)12(2)15(16,17)18/h12,23H,3-11H2,1-2H3,(H,19,20). The highest BCUT2D eigenvalue weighted by Crippen LogP contribution is 2.28. The maximum absolute atomic E-state index is 12.8. The summed E-state index contributed by atoms with van der Waals surface area (Å²) < 4.78 is 38.5. The van der Waals surface area contributed by atoms with Gasteiger partial charge in [0.05, 0.1) is 12.1 Å². The molecule has 0 spiro atoms. The van der Waals surface area contributed by atoms with Crippen molar-refractivity contribution >= 4 is 17.7 Å². The van der Waals surface area contributed by atoms with Gasteiger partial charge in [-0.15, -0.1) is 0 Å². The topological polar surface area (TPSA) is 51.1 Å². The van der Waals surface area contributed by atoms with Gasteiger partial charge in [-0.3, -0.25) is 9.89 Å². The molecule has 0 aromatic carbocycles. The summed E-state index contributed by atoms with van der Waals surface area (Å²) in [6.07, 6.45) is -3.46. The van der Waals surface area contributed by atoms with E-state index in [-0.39, 0.29) is 0 Å². The smallest absolute Gasteiger partial charge is 0.387 e. The van der Waals surface area contributed by atoms with Crippen LogP contribution in [-0.2, 0) is 0 Å². The predicted octanol–water partition coefficient (Wildman–Crippen LogP) is 1.39. The van der Waals surface area contributed by atoms with Crippen molar-refractivity contribution in [3.63, 3.8) is 0 Å². The molecule has 24 heavy (non-hydrogen) atoms. The number of nitrogens with one attached hydrogen (secondary N) is 1. The van der Waals surface area contributed by atoms with Gasteiger partial charge in [-0.1, -0.05) is 0 Å². The molecule has 2 N–H and O–H groups in total. The normalized spacial score (nSPS) is 28.2. The molecule has 2 heterocycles. The van der Waals surface area contributed by atoms with Crippen LogP contribution in [0.5, 0.6) is 0 Å². The second kappa shape index (κ2) is 8.14. The Balaban J connectivity index is 1.93. The van der Waals surface area contributed by atoms with Crippen molar-refractivity contribution in [3.8, 4) is 0 Å². The fraction of sp³-hybridized carbons (Fsp3) is 0.933. The van der Waals surface area contributed by atoms with Crippen LogP contribution in [0.4, 0.5) is 13.2 Å². The van der Waals surface area contributed by atoms with Crippen LogP contribution in [-0.4, -0.2) is 89.5 Å². The lowest BCUT2D eigenvalue weighted by molar-refractivity contribution is -0.181. The van der Waals surface area contributed by atoms with Crippen LogP contribution < -0.4 is 5.32 Å². The summed E-state index contributed by atoms with van der Waals surface area (Å²) >= 11 is 1.72. The Morgan fingerprint density at radius 3 is 2.50 bits per heavy atom. The molecular formula is C15H27F3N4OS. The first-order valence-corrected chi connectivity index (χ1v) is 9.55. The number of aliphatic imine (C=N–C) groups is 1. The van der Waals surface area contributed by atoms with Crippen LogP contribution in [0.3, 0.4) is 0 Å². The summed E-state index contributed by atoms with van der Waals surface area (Å²) in [5, 5.41) is 13.6. The highest BCUT2D eigenvalue weighted by molar-refractivity contribution is 7.99. The number of guanidine groups is 1. The molecule has 0 amide bonds. The van der Waals surface area contributed by atoms with E-state index in [4.69, 9.17) is 0 Å². The Bertz CT molecular complexity index is 433. The fourth-order valence-corrected chi connectivity index (χ4v) is 4.18. The van der Waals surface area contributed by atoms with Gasteiger partial charge < -0.3 is 15.3 Å². The molecule has 2 saturated heterocycles. The lowest BCUT2D eigenvalue weighted by Crippen LogP contribution is -2.57. The number of piperazine rings is 1. The molecule has 2 aliphatic rings. The lowest BCUT2D eigenvalue weighted by atomic mass is 10.0. The third-order valence-corrected chi connectivity index (χ3v) is 5.81. The van der Waals surface area contributed by atoms with Crippen molar-refractivity contribution in [2.75, 3.05) is 50.8 Å². The van der Waals surface area contributed by atoms with E-state index in [1.807, 2.05) is 11.8 Å². The summed E-state index contributed by atoms with van der Waals surface area (Å²) in [5.41, 5.74) is -0.752. The quantitative estimate of drug-likeness (QED) is 0.580. The molecule has 0 aromatic rings. The first-order valence-electron chi connectivity index (χ1n) is 8.39. The van der Waals surface area contributed by atoms with Crippen molar-refractivity contribution in [2.24, 2.45) is 4.99 Å². The summed E-state index contributed by atoms with van der Waals surface area (Å²) in [5.74, 6) is 2.31. The Kier molecular flexibility index (Phi) is 6.66. The van der Waals surface area contributed by atoms with E-state index in [2.05, 4.69) is 10.3 Å². The van der Waals surface area contributed by atoms with Crippen molar-refractivity contribution in [1.82, 2.24) is 15.1 Å². The summed E-state index contributed by atoms with van der Waals surface area (Å²) in [6, 6.07) is -1.42. The summed E-state index contributed by atoms with van der Waals surface area (Å²) in [7, 11) is 0. The molecule has 2 unspecified atom stereocenters. The van der Waals surface area contributed by atoms with Gasteiger partial charge in [-0.25, -0.2) is 0 Å². The molecule has 2 rings (SSSR count). The molecule has 0 saturated carbocycles. The number of halogens is 3. The largest absolute Gasteiger partial charge is 0.403 e. The van der Waals surface area contributed by atoms with E-state index in [0.29, 0.717) is 51.0 Å². The highest BCUT2D eigenvalue weighted by Gasteiger charge is 2.41. The van der Waals surface area contributed by atoms with Gasteiger partial charge in [0.15, 0.2) is 5.96 Å². The van der Waals surface area contributed by atoms with Crippen LogP contribution in [0.2, 0.25) is 0 Å². The van der Waals surface area contributed by atoms with Crippen LogP contribution in [0.15, 0.2) is 4.99 Å². The minimum atomic E-state index is -4.19. The molecule has 0 radical (unpaired) electrons. The van der Waals surface area contributed by atoms with E-state index in [0.717, 1.165) is 12.2 Å². The van der Waals surface area contributed by atoms with Crippen LogP contribution in [0, 0.1) is 0 Å². The number of thioether (sulfide) groups is 1. The van der Waals surface area contributed by atoms with Gasteiger partial charge in [0.1, 0.15) is 6.04 Å². The molecule has 9 heteroatoms. The Morgan fingerprint density at radius 1 is 1.33 bits per heavy atom. The predicted molar refractivity (Wildman–Crippen MR) is 91.5 cm³/mol. The maximum atomic E-state index is 12.8. The average molecular weight is 368 g/mol. The van der Waals surface area contributed by atoms with Gasteiger partial charge in [0.2, 0.25) is 0 Å². The first-order chi connectivity index (χ1) is 11.2. The van der Waals surface area contributed by atoms with Gasteiger partial charge in [0.25, 0.3) is 0 Å². The van der Waals surface area contributed by atoms with E-state index < -0.39 is 17.8 Å². The monoisotopic (exact) mass is 368 g/mol. The van der Waals surface area contributed by atoms with Crippen LogP contribution >= 0.6 is 11.8 Å². The zero-order chi connectivity index (χ0) is 17.8. The summed E-state index contributed by atoms with van der Waals surface area (Å²) in [6.45, 7) is 5.89. The molecule has 2 fully saturated rings. The summed E-state index contributed by atoms with van der Waals surface area (Å²) in [4.78, 5) is 7.98. The van der Waals surface area contributed by atoms with Crippen molar-refractivity contribution in [3.05, 3.63) is 0 Å². The van der Waals surface area contributed by atoms with Gasteiger partial charge >= 0.3 is 6.18 Å². The van der Waals surface area contributed by atoms with Gasteiger partial charge in [-0.2, -0.15) is 24.9 Å². The van der Waals surface area contributed by atoms with Gasteiger partial charge in [0, 0.05) is 38.5 Å². The molecule has 0 aromatic heterocycles. The number of aliphatic hydroxyl groups is 1. The number of rotatable bonds is 4. The molecular weight excluding hydrogens is 341 g/mol. The number of nitrogens with zero attached hydrogens (tertiary/aromatic N) is 3. The average Bonchev–Trinajstić information content (AvgIpc) is 2.97. The minimum Gasteiger partial charge on any atom is -0.387 e. The van der Waals surface area contributed by atoms with Crippen LogP contribution in [0.1, 0.15) is 20.3 Å². The lowest BCUT2D eigenvalue weighted by Gasteiger charge is -2.39. The molecule has 140 valence electrons. The Hall–Kier alpha value is -0.670.